The molecule has 1 aliphatic rings. The van der Waals surface area contributed by atoms with Crippen LogP contribution < -0.4 is 0 Å². The largest absolute Gasteiger partial charge is 0.342 e. The Hall–Kier alpha value is -1.88. The minimum absolute atomic E-state index is 0.123. The molecule has 1 aliphatic heterocycles. The number of para-hydroxylation sites is 1. The molecule has 0 spiro atoms. The number of hydrogen-bond acceptors (Lipinski definition) is 4. The van der Waals surface area contributed by atoms with Crippen molar-refractivity contribution in [2.24, 2.45) is 5.92 Å². The lowest BCUT2D eigenvalue weighted by Crippen LogP contribution is -2.27. The summed E-state index contributed by atoms with van der Waals surface area (Å²) in [5.74, 6) is 1.24. The van der Waals surface area contributed by atoms with Gasteiger partial charge in [0.05, 0.1) is 5.52 Å². The van der Waals surface area contributed by atoms with Crippen LogP contribution in [-0.4, -0.2) is 39.7 Å². The van der Waals surface area contributed by atoms with Crippen LogP contribution in [0.3, 0.4) is 0 Å². The first kappa shape index (κ1) is 16.0. The predicted molar refractivity (Wildman–Crippen MR) is 93.3 cm³/mol. The highest BCUT2D eigenvalue weighted by Crippen LogP contribution is 2.22. The lowest BCUT2D eigenvalue weighted by Gasteiger charge is -2.16. The van der Waals surface area contributed by atoms with E-state index in [1.165, 1.54) is 11.8 Å². The third kappa shape index (κ3) is 4.10. The molecule has 0 saturated carbocycles. The van der Waals surface area contributed by atoms with Gasteiger partial charge < -0.3 is 4.90 Å². The van der Waals surface area contributed by atoms with Crippen LogP contribution in [0.25, 0.3) is 10.9 Å². The van der Waals surface area contributed by atoms with Crippen molar-refractivity contribution < 1.29 is 9.59 Å². The highest BCUT2D eigenvalue weighted by Gasteiger charge is 2.29. The predicted octanol–water partition coefficient (Wildman–Crippen LogP) is 2.91. The molecule has 1 fully saturated rings. The first-order valence-corrected chi connectivity index (χ1v) is 8.85. The lowest BCUT2D eigenvalue weighted by molar-refractivity contribution is -0.127. The van der Waals surface area contributed by atoms with Crippen LogP contribution in [0.4, 0.5) is 0 Å². The number of hydrogen-bond donors (Lipinski definition) is 0. The molecule has 0 aliphatic carbocycles. The fourth-order valence-corrected chi connectivity index (χ4v) is 3.63. The van der Waals surface area contributed by atoms with Gasteiger partial charge in [-0.1, -0.05) is 30.0 Å². The molecule has 4 nitrogen and oxygen atoms in total. The summed E-state index contributed by atoms with van der Waals surface area (Å²) in [6.45, 7) is 3.06. The zero-order chi connectivity index (χ0) is 16.2. The van der Waals surface area contributed by atoms with Gasteiger partial charge in [-0.2, -0.15) is 0 Å². The molecule has 0 N–H and O–H groups in total. The summed E-state index contributed by atoms with van der Waals surface area (Å²) in [7, 11) is 0. The topological polar surface area (TPSA) is 50.3 Å². The Kier molecular flexibility index (Phi) is 4.96. The minimum atomic E-state index is 0.123. The lowest BCUT2D eigenvalue weighted by atomic mass is 10.1. The highest BCUT2D eigenvalue weighted by atomic mass is 32.2. The van der Waals surface area contributed by atoms with Crippen LogP contribution >= 0.6 is 11.8 Å². The Morgan fingerprint density at radius 1 is 1.39 bits per heavy atom. The third-order valence-corrected chi connectivity index (χ3v) is 5.18. The first-order chi connectivity index (χ1) is 11.1. The van der Waals surface area contributed by atoms with Crippen molar-refractivity contribution in [2.45, 2.75) is 19.8 Å². The van der Waals surface area contributed by atoms with Crippen LogP contribution in [0.2, 0.25) is 0 Å². The highest BCUT2D eigenvalue weighted by molar-refractivity contribution is 8.13. The van der Waals surface area contributed by atoms with Crippen molar-refractivity contribution in [3.8, 4) is 0 Å². The fraction of sp³-hybridized carbons (Fsp3) is 0.389. The summed E-state index contributed by atoms with van der Waals surface area (Å²) in [5, 5.41) is 1.26. The van der Waals surface area contributed by atoms with E-state index in [1.807, 2.05) is 29.3 Å². The second-order valence-corrected chi connectivity index (χ2v) is 7.20. The molecule has 1 atom stereocenters. The summed E-state index contributed by atoms with van der Waals surface area (Å²) < 4.78 is 0. The van der Waals surface area contributed by atoms with Gasteiger partial charge in [-0.3, -0.25) is 14.6 Å². The van der Waals surface area contributed by atoms with E-state index in [2.05, 4.69) is 17.1 Å². The van der Waals surface area contributed by atoms with Crippen LogP contribution in [-0.2, 0) is 16.0 Å². The number of aromatic nitrogens is 1. The number of pyridine rings is 1. The van der Waals surface area contributed by atoms with E-state index in [0.717, 1.165) is 41.7 Å². The third-order valence-electron chi connectivity index (χ3n) is 4.13. The van der Waals surface area contributed by atoms with Gasteiger partial charge in [-0.05, 0) is 30.0 Å². The summed E-state index contributed by atoms with van der Waals surface area (Å²) in [6.07, 6.45) is 3.28. The van der Waals surface area contributed by atoms with Gasteiger partial charge in [0, 0.05) is 43.8 Å². The maximum atomic E-state index is 12.1. The number of carbonyl (C=O) groups excluding carboxylic acids is 2. The number of likely N-dealkylation sites (tertiary alicyclic amines) is 1. The van der Waals surface area contributed by atoms with E-state index in [4.69, 9.17) is 0 Å². The molecule has 1 aromatic carbocycles. The molecule has 1 aromatic heterocycles. The SMILES string of the molecule is CC(=O)SCC1CC(=O)N(CCc2cnc3ccccc3c2)C1. The van der Waals surface area contributed by atoms with Crippen LogP contribution in [0.5, 0.6) is 0 Å². The van der Waals surface area contributed by atoms with Gasteiger partial charge in [0.15, 0.2) is 5.12 Å². The van der Waals surface area contributed by atoms with Gasteiger partial charge in [0.1, 0.15) is 0 Å². The molecular formula is C18H20N2O2S. The minimum Gasteiger partial charge on any atom is -0.342 e. The van der Waals surface area contributed by atoms with Crippen LogP contribution in [0, 0.1) is 5.92 Å². The molecule has 1 saturated heterocycles. The Balaban J connectivity index is 1.56. The first-order valence-electron chi connectivity index (χ1n) is 7.86. The molecular weight excluding hydrogens is 308 g/mol. The summed E-state index contributed by atoms with van der Waals surface area (Å²) in [6, 6.07) is 10.2. The number of fused-ring (bicyclic) bond motifs is 1. The Morgan fingerprint density at radius 2 is 2.22 bits per heavy atom. The summed E-state index contributed by atoms with van der Waals surface area (Å²) >= 11 is 1.32. The van der Waals surface area contributed by atoms with Crippen LogP contribution in [0.1, 0.15) is 18.9 Å². The molecule has 1 amide bonds. The van der Waals surface area contributed by atoms with Gasteiger partial charge in [-0.25, -0.2) is 0 Å². The van der Waals surface area contributed by atoms with Crippen molar-refractivity contribution in [1.29, 1.82) is 0 Å². The van der Waals surface area contributed by atoms with Gasteiger partial charge in [0.2, 0.25) is 5.91 Å². The Bertz CT molecular complexity index is 732. The quantitative estimate of drug-likeness (QED) is 0.847. The van der Waals surface area contributed by atoms with E-state index in [1.54, 1.807) is 6.92 Å². The van der Waals surface area contributed by atoms with E-state index >= 15 is 0 Å². The van der Waals surface area contributed by atoms with Crippen molar-refractivity contribution in [2.75, 3.05) is 18.8 Å². The van der Waals surface area contributed by atoms with Crippen molar-refractivity contribution in [1.82, 2.24) is 9.88 Å². The molecule has 3 rings (SSSR count). The molecule has 23 heavy (non-hydrogen) atoms. The number of amides is 1. The summed E-state index contributed by atoms with van der Waals surface area (Å²) in [5.41, 5.74) is 2.15. The van der Waals surface area contributed by atoms with Gasteiger partial charge in [0.25, 0.3) is 0 Å². The average Bonchev–Trinajstić information content (AvgIpc) is 2.91. The molecule has 2 heterocycles. The van der Waals surface area contributed by atoms with E-state index in [0.29, 0.717) is 12.3 Å². The number of rotatable bonds is 5. The van der Waals surface area contributed by atoms with Crippen molar-refractivity contribution >= 4 is 33.7 Å². The number of nitrogens with zero attached hydrogens (tertiary/aromatic N) is 2. The van der Waals surface area contributed by atoms with Gasteiger partial charge >= 0.3 is 0 Å². The summed E-state index contributed by atoms with van der Waals surface area (Å²) in [4.78, 5) is 29.5. The normalized spacial score (nSPS) is 17.9. The maximum absolute atomic E-state index is 12.1. The molecule has 5 heteroatoms. The average molecular weight is 328 g/mol. The number of carbonyl (C=O) groups is 2. The number of benzene rings is 1. The molecule has 2 aromatic rings. The standard InChI is InChI=1S/C18H20N2O2S/c1-13(21)23-12-15-9-18(22)20(11-15)7-6-14-8-16-4-2-3-5-17(16)19-10-14/h2-5,8,10,15H,6-7,9,11-12H2,1H3. The zero-order valence-electron chi connectivity index (χ0n) is 13.2. The Morgan fingerprint density at radius 3 is 3.04 bits per heavy atom. The smallest absolute Gasteiger partial charge is 0.222 e. The van der Waals surface area contributed by atoms with E-state index in [-0.39, 0.29) is 11.0 Å². The van der Waals surface area contributed by atoms with E-state index < -0.39 is 0 Å². The zero-order valence-corrected chi connectivity index (χ0v) is 14.0. The number of thioether (sulfide) groups is 1. The molecule has 0 radical (unpaired) electrons. The van der Waals surface area contributed by atoms with Gasteiger partial charge in [-0.15, -0.1) is 0 Å². The second kappa shape index (κ2) is 7.13. The molecule has 0 bridgehead atoms. The monoisotopic (exact) mass is 328 g/mol. The maximum Gasteiger partial charge on any atom is 0.222 e. The Labute approximate surface area is 140 Å². The van der Waals surface area contributed by atoms with Crippen LogP contribution in [0.15, 0.2) is 36.5 Å². The van der Waals surface area contributed by atoms with Crippen molar-refractivity contribution in [3.63, 3.8) is 0 Å². The van der Waals surface area contributed by atoms with E-state index in [9.17, 15) is 9.59 Å². The fourth-order valence-electron chi connectivity index (χ4n) is 2.93. The second-order valence-electron chi connectivity index (χ2n) is 6.00. The molecule has 1 unspecified atom stereocenters. The molecule has 120 valence electrons. The van der Waals surface area contributed by atoms with Crippen molar-refractivity contribution in [3.05, 3.63) is 42.1 Å².